The molecule has 2 nitrogen and oxygen atoms in total. The van der Waals surface area contributed by atoms with Crippen LogP contribution in [0.25, 0.3) is 0 Å². The molecule has 0 aliphatic heterocycles. The first-order valence-electron chi connectivity index (χ1n) is 6.69. The molecule has 0 aromatic heterocycles. The van der Waals surface area contributed by atoms with Gasteiger partial charge in [-0.3, -0.25) is 0 Å². The van der Waals surface area contributed by atoms with Gasteiger partial charge in [0.15, 0.2) is 0 Å². The highest BCUT2D eigenvalue weighted by Gasteiger charge is 2.64. The maximum Gasteiger partial charge on any atom is 0.112 e. The van der Waals surface area contributed by atoms with E-state index >= 15 is 0 Å². The summed E-state index contributed by atoms with van der Waals surface area (Å²) in [7, 11) is 0. The lowest BCUT2D eigenvalue weighted by Crippen LogP contribution is -2.53. The van der Waals surface area contributed by atoms with Gasteiger partial charge in [0.05, 0.1) is 11.7 Å². The van der Waals surface area contributed by atoms with Crippen LogP contribution in [0, 0.1) is 16.7 Å². The SMILES string of the molecule is CC1(C(C)(O)C2(C#N)CCc3ccccc32)CC1. The van der Waals surface area contributed by atoms with Gasteiger partial charge in [-0.25, -0.2) is 0 Å². The van der Waals surface area contributed by atoms with Gasteiger partial charge in [0, 0.05) is 0 Å². The highest BCUT2D eigenvalue weighted by Crippen LogP contribution is 2.62. The molecular weight excluding hydrogens is 222 g/mol. The molecule has 0 amide bonds. The third-order valence-corrected chi connectivity index (χ3v) is 5.44. The van der Waals surface area contributed by atoms with Gasteiger partial charge in [-0.05, 0) is 49.1 Å². The average molecular weight is 241 g/mol. The number of aryl methyl sites for hydroxylation is 1. The van der Waals surface area contributed by atoms with Crippen molar-refractivity contribution in [2.75, 3.05) is 0 Å². The van der Waals surface area contributed by atoms with Crippen LogP contribution in [0.3, 0.4) is 0 Å². The van der Waals surface area contributed by atoms with Gasteiger partial charge in [-0.2, -0.15) is 5.26 Å². The van der Waals surface area contributed by atoms with Crippen molar-refractivity contribution in [1.29, 1.82) is 5.26 Å². The molecule has 0 bridgehead atoms. The molecule has 2 aliphatic rings. The van der Waals surface area contributed by atoms with Crippen LogP contribution < -0.4 is 0 Å². The van der Waals surface area contributed by atoms with E-state index in [4.69, 9.17) is 0 Å². The van der Waals surface area contributed by atoms with Gasteiger partial charge in [0.25, 0.3) is 0 Å². The standard InChI is InChI=1S/C16H19NO/c1-14(9-10-14)15(2,18)16(11-17)8-7-12-5-3-4-6-13(12)16/h3-6,18H,7-10H2,1-2H3. The Morgan fingerprint density at radius 2 is 1.94 bits per heavy atom. The quantitative estimate of drug-likeness (QED) is 0.865. The molecule has 94 valence electrons. The number of nitrogens with zero attached hydrogens (tertiary/aromatic N) is 1. The first-order valence-corrected chi connectivity index (χ1v) is 6.69. The molecule has 0 radical (unpaired) electrons. The van der Waals surface area contributed by atoms with Crippen LogP contribution >= 0.6 is 0 Å². The maximum atomic E-state index is 11.1. The first-order chi connectivity index (χ1) is 8.47. The van der Waals surface area contributed by atoms with E-state index in [1.807, 2.05) is 25.1 Å². The van der Waals surface area contributed by atoms with E-state index in [0.717, 1.165) is 31.2 Å². The molecule has 1 aromatic rings. The lowest BCUT2D eigenvalue weighted by molar-refractivity contribution is -0.0589. The van der Waals surface area contributed by atoms with Gasteiger partial charge < -0.3 is 5.11 Å². The highest BCUT2D eigenvalue weighted by molar-refractivity contribution is 5.48. The topological polar surface area (TPSA) is 44.0 Å². The van der Waals surface area contributed by atoms with Gasteiger partial charge >= 0.3 is 0 Å². The number of benzene rings is 1. The van der Waals surface area contributed by atoms with Gasteiger partial charge in [-0.1, -0.05) is 31.2 Å². The van der Waals surface area contributed by atoms with E-state index in [2.05, 4.69) is 19.1 Å². The molecule has 1 N–H and O–H groups in total. The van der Waals surface area contributed by atoms with E-state index in [-0.39, 0.29) is 5.41 Å². The Morgan fingerprint density at radius 3 is 2.56 bits per heavy atom. The van der Waals surface area contributed by atoms with Gasteiger partial charge in [0.2, 0.25) is 0 Å². The fourth-order valence-corrected chi connectivity index (χ4v) is 3.53. The second-order valence-electron chi connectivity index (χ2n) is 6.31. The monoisotopic (exact) mass is 241 g/mol. The van der Waals surface area contributed by atoms with E-state index in [9.17, 15) is 10.4 Å². The van der Waals surface area contributed by atoms with E-state index in [1.165, 1.54) is 5.56 Å². The molecule has 2 unspecified atom stereocenters. The lowest BCUT2D eigenvalue weighted by atomic mass is 9.63. The second-order valence-corrected chi connectivity index (χ2v) is 6.31. The van der Waals surface area contributed by atoms with Crippen molar-refractivity contribution in [3.8, 4) is 6.07 Å². The fourth-order valence-electron chi connectivity index (χ4n) is 3.53. The van der Waals surface area contributed by atoms with Crippen molar-refractivity contribution in [2.45, 2.75) is 50.5 Å². The van der Waals surface area contributed by atoms with Crippen molar-refractivity contribution in [3.05, 3.63) is 35.4 Å². The summed E-state index contributed by atoms with van der Waals surface area (Å²) >= 11 is 0. The maximum absolute atomic E-state index is 11.1. The number of nitriles is 1. The Bertz CT molecular complexity index is 536. The smallest absolute Gasteiger partial charge is 0.112 e. The van der Waals surface area contributed by atoms with Gasteiger partial charge in [0.1, 0.15) is 5.41 Å². The van der Waals surface area contributed by atoms with Crippen molar-refractivity contribution in [1.82, 2.24) is 0 Å². The largest absolute Gasteiger partial charge is 0.388 e. The van der Waals surface area contributed by atoms with E-state index in [0.29, 0.717) is 0 Å². The molecule has 1 fully saturated rings. The van der Waals surface area contributed by atoms with Crippen LogP contribution in [0.15, 0.2) is 24.3 Å². The third-order valence-electron chi connectivity index (χ3n) is 5.44. The minimum Gasteiger partial charge on any atom is -0.388 e. The molecule has 1 aromatic carbocycles. The summed E-state index contributed by atoms with van der Waals surface area (Å²) in [5.41, 5.74) is 0.505. The molecule has 0 saturated heterocycles. The zero-order valence-electron chi connectivity index (χ0n) is 11.0. The normalized spacial score (nSPS) is 31.2. The van der Waals surface area contributed by atoms with Gasteiger partial charge in [-0.15, -0.1) is 0 Å². The molecule has 18 heavy (non-hydrogen) atoms. The summed E-state index contributed by atoms with van der Waals surface area (Å²) in [5, 5.41) is 20.9. The molecule has 0 spiro atoms. The number of hydrogen-bond acceptors (Lipinski definition) is 2. The summed E-state index contributed by atoms with van der Waals surface area (Å²) in [6.45, 7) is 3.97. The lowest BCUT2D eigenvalue weighted by Gasteiger charge is -2.43. The summed E-state index contributed by atoms with van der Waals surface area (Å²) in [6.07, 6.45) is 3.68. The van der Waals surface area contributed by atoms with Crippen LogP contribution in [0.1, 0.15) is 44.2 Å². The molecule has 2 atom stereocenters. The summed E-state index contributed by atoms with van der Waals surface area (Å²) < 4.78 is 0. The molecule has 0 heterocycles. The van der Waals surface area contributed by atoms with Crippen LogP contribution in [-0.4, -0.2) is 10.7 Å². The Kier molecular flexibility index (Phi) is 2.19. The molecular formula is C16H19NO. The second kappa shape index (κ2) is 3.36. The van der Waals surface area contributed by atoms with Crippen LogP contribution in [0.4, 0.5) is 0 Å². The predicted molar refractivity (Wildman–Crippen MR) is 70.0 cm³/mol. The Labute approximate surface area is 108 Å². The van der Waals surface area contributed by atoms with Crippen molar-refractivity contribution >= 4 is 0 Å². The molecule has 1 saturated carbocycles. The van der Waals surface area contributed by atoms with Crippen LogP contribution in [-0.2, 0) is 11.8 Å². The Hall–Kier alpha value is -1.33. The summed E-state index contributed by atoms with van der Waals surface area (Å²) in [4.78, 5) is 0. The van der Waals surface area contributed by atoms with Crippen molar-refractivity contribution in [2.24, 2.45) is 5.41 Å². The highest BCUT2D eigenvalue weighted by atomic mass is 16.3. The number of rotatable bonds is 2. The zero-order chi connectivity index (χ0) is 13.0. The summed E-state index contributed by atoms with van der Waals surface area (Å²) in [5.74, 6) is 0. The van der Waals surface area contributed by atoms with Crippen LogP contribution in [0.5, 0.6) is 0 Å². The predicted octanol–water partition coefficient (Wildman–Crippen LogP) is 2.95. The first kappa shape index (κ1) is 11.7. The van der Waals surface area contributed by atoms with E-state index in [1.54, 1.807) is 0 Å². The van der Waals surface area contributed by atoms with E-state index < -0.39 is 11.0 Å². The average Bonchev–Trinajstić information content (AvgIpc) is 3.01. The van der Waals surface area contributed by atoms with Crippen LogP contribution in [0.2, 0.25) is 0 Å². The Balaban J connectivity index is 2.17. The molecule has 3 rings (SSSR count). The zero-order valence-corrected chi connectivity index (χ0v) is 11.0. The molecule has 2 aliphatic carbocycles. The minimum absolute atomic E-state index is 0.0970. The van der Waals surface area contributed by atoms with Crippen molar-refractivity contribution in [3.63, 3.8) is 0 Å². The van der Waals surface area contributed by atoms with Crippen molar-refractivity contribution < 1.29 is 5.11 Å². The number of hydrogen-bond donors (Lipinski definition) is 1. The number of aliphatic hydroxyl groups is 1. The molecule has 2 heteroatoms. The fraction of sp³-hybridized carbons (Fsp3) is 0.562. The third kappa shape index (κ3) is 1.21. The minimum atomic E-state index is -0.943. The number of fused-ring (bicyclic) bond motifs is 1. The summed E-state index contributed by atoms with van der Waals surface area (Å²) in [6, 6.07) is 10.6. The Morgan fingerprint density at radius 1 is 1.28 bits per heavy atom.